The van der Waals surface area contributed by atoms with Gasteiger partial charge in [0.2, 0.25) is 0 Å². The van der Waals surface area contributed by atoms with Crippen molar-refractivity contribution in [3.05, 3.63) is 24.3 Å². The molecule has 2 N–H and O–H groups in total. The predicted molar refractivity (Wildman–Crippen MR) is 91.5 cm³/mol. The monoisotopic (exact) mass is 321 g/mol. The van der Waals surface area contributed by atoms with Gasteiger partial charge in [0, 0.05) is 45.0 Å². The fourth-order valence-corrected chi connectivity index (χ4v) is 3.22. The Morgan fingerprint density at radius 3 is 2.59 bits per heavy atom. The fraction of sp³-hybridized carbons (Fsp3) is 0.562. The lowest BCUT2D eigenvalue weighted by Crippen LogP contribution is -2.52. The standard InChI is InChI=1S/C16H23N3O2S/c20-14-5-3-13(4-6-14)18-7-9-19(10-8-18)16(22)17-12-15-2-1-11-21-15/h3-6,15,20H,1-2,7-12H2,(H,17,22). The maximum atomic E-state index is 9.36. The molecule has 2 aliphatic rings. The van der Waals surface area contributed by atoms with E-state index in [4.69, 9.17) is 17.0 Å². The van der Waals surface area contributed by atoms with Gasteiger partial charge in [0.25, 0.3) is 0 Å². The van der Waals surface area contributed by atoms with E-state index in [0.717, 1.165) is 63.0 Å². The lowest BCUT2D eigenvalue weighted by Gasteiger charge is -2.37. The van der Waals surface area contributed by atoms with E-state index < -0.39 is 0 Å². The van der Waals surface area contributed by atoms with Crippen LogP contribution in [0, 0.1) is 0 Å². The highest BCUT2D eigenvalue weighted by atomic mass is 32.1. The summed E-state index contributed by atoms with van der Waals surface area (Å²) in [6.07, 6.45) is 2.60. The maximum absolute atomic E-state index is 9.36. The van der Waals surface area contributed by atoms with Gasteiger partial charge in [-0.05, 0) is 49.3 Å². The van der Waals surface area contributed by atoms with Gasteiger partial charge in [-0.15, -0.1) is 0 Å². The second-order valence-electron chi connectivity index (χ2n) is 5.81. The Balaban J connectivity index is 1.44. The number of hydrogen-bond acceptors (Lipinski definition) is 4. The molecule has 0 amide bonds. The van der Waals surface area contributed by atoms with Gasteiger partial charge in [0.1, 0.15) is 5.75 Å². The molecule has 1 aromatic carbocycles. The highest BCUT2D eigenvalue weighted by Crippen LogP contribution is 2.19. The summed E-state index contributed by atoms with van der Waals surface area (Å²) < 4.78 is 5.61. The normalized spacial score (nSPS) is 21.9. The number of aromatic hydroxyl groups is 1. The number of ether oxygens (including phenoxy) is 1. The predicted octanol–water partition coefficient (Wildman–Crippen LogP) is 1.57. The number of benzene rings is 1. The molecule has 3 rings (SSSR count). The van der Waals surface area contributed by atoms with Gasteiger partial charge in [-0.2, -0.15) is 0 Å². The van der Waals surface area contributed by atoms with Crippen LogP contribution in [-0.4, -0.2) is 60.6 Å². The van der Waals surface area contributed by atoms with Crippen molar-refractivity contribution in [3.8, 4) is 5.75 Å². The Kier molecular flexibility index (Phi) is 5.00. The van der Waals surface area contributed by atoms with Crippen molar-refractivity contribution in [1.29, 1.82) is 0 Å². The molecule has 0 aromatic heterocycles. The lowest BCUT2D eigenvalue weighted by atomic mass is 10.2. The zero-order valence-corrected chi connectivity index (χ0v) is 13.5. The van der Waals surface area contributed by atoms with Crippen LogP contribution < -0.4 is 10.2 Å². The summed E-state index contributed by atoms with van der Waals surface area (Å²) >= 11 is 5.49. The Bertz CT molecular complexity index is 495. The Labute approximate surface area is 136 Å². The number of hydrogen-bond donors (Lipinski definition) is 2. The van der Waals surface area contributed by atoms with Gasteiger partial charge < -0.3 is 25.0 Å². The third-order valence-corrected chi connectivity index (χ3v) is 4.69. The molecule has 1 unspecified atom stereocenters. The van der Waals surface area contributed by atoms with Crippen LogP contribution in [0.2, 0.25) is 0 Å². The quantitative estimate of drug-likeness (QED) is 0.824. The lowest BCUT2D eigenvalue weighted by molar-refractivity contribution is 0.113. The van der Waals surface area contributed by atoms with Crippen molar-refractivity contribution < 1.29 is 9.84 Å². The minimum Gasteiger partial charge on any atom is -0.508 e. The van der Waals surface area contributed by atoms with Gasteiger partial charge in [-0.1, -0.05) is 0 Å². The smallest absolute Gasteiger partial charge is 0.169 e. The van der Waals surface area contributed by atoms with Crippen LogP contribution >= 0.6 is 12.2 Å². The first-order chi connectivity index (χ1) is 10.7. The molecule has 0 aliphatic carbocycles. The van der Waals surface area contributed by atoms with Gasteiger partial charge in [0.05, 0.1) is 6.10 Å². The van der Waals surface area contributed by atoms with E-state index in [-0.39, 0.29) is 0 Å². The van der Waals surface area contributed by atoms with E-state index in [1.165, 1.54) is 0 Å². The summed E-state index contributed by atoms with van der Waals surface area (Å²) in [5.74, 6) is 0.307. The van der Waals surface area contributed by atoms with Crippen molar-refractivity contribution in [2.45, 2.75) is 18.9 Å². The summed E-state index contributed by atoms with van der Waals surface area (Å²) in [6.45, 7) is 5.40. The van der Waals surface area contributed by atoms with Gasteiger partial charge in [0.15, 0.2) is 5.11 Å². The average molecular weight is 321 g/mol. The number of phenols is 1. The summed E-state index contributed by atoms with van der Waals surface area (Å²) in [5.41, 5.74) is 1.15. The second-order valence-corrected chi connectivity index (χ2v) is 6.20. The first-order valence-electron chi connectivity index (χ1n) is 7.91. The Morgan fingerprint density at radius 1 is 1.23 bits per heavy atom. The topological polar surface area (TPSA) is 48.0 Å². The molecule has 2 aliphatic heterocycles. The molecule has 2 fully saturated rings. The number of nitrogens with one attached hydrogen (secondary N) is 1. The van der Waals surface area contributed by atoms with E-state index in [1.807, 2.05) is 12.1 Å². The number of phenolic OH excluding ortho intramolecular Hbond substituents is 1. The first-order valence-corrected chi connectivity index (χ1v) is 8.31. The molecular formula is C16H23N3O2S. The zero-order chi connectivity index (χ0) is 15.4. The molecule has 0 radical (unpaired) electrons. The molecule has 2 saturated heterocycles. The third kappa shape index (κ3) is 3.81. The summed E-state index contributed by atoms with van der Waals surface area (Å²) in [5, 5.41) is 13.5. The van der Waals surface area contributed by atoms with Crippen LogP contribution in [0.4, 0.5) is 5.69 Å². The largest absolute Gasteiger partial charge is 0.508 e. The fourth-order valence-electron chi connectivity index (χ4n) is 2.95. The number of piperazine rings is 1. The van der Waals surface area contributed by atoms with Gasteiger partial charge in [-0.25, -0.2) is 0 Å². The molecule has 0 bridgehead atoms. The van der Waals surface area contributed by atoms with E-state index in [1.54, 1.807) is 12.1 Å². The SMILES string of the molecule is Oc1ccc(N2CCN(C(=S)NCC3CCCO3)CC2)cc1. The van der Waals surface area contributed by atoms with Crippen molar-refractivity contribution in [1.82, 2.24) is 10.2 Å². The molecule has 1 aromatic rings. The number of rotatable bonds is 3. The second kappa shape index (κ2) is 7.15. The van der Waals surface area contributed by atoms with Crippen LogP contribution in [0.1, 0.15) is 12.8 Å². The Hall–Kier alpha value is -1.53. The molecule has 0 saturated carbocycles. The van der Waals surface area contributed by atoms with E-state index in [2.05, 4.69) is 15.1 Å². The molecule has 22 heavy (non-hydrogen) atoms. The average Bonchev–Trinajstić information content (AvgIpc) is 3.07. The Morgan fingerprint density at radius 2 is 1.95 bits per heavy atom. The molecule has 1 atom stereocenters. The minimum absolute atomic E-state index is 0.307. The van der Waals surface area contributed by atoms with Crippen molar-refractivity contribution in [2.24, 2.45) is 0 Å². The van der Waals surface area contributed by atoms with Crippen molar-refractivity contribution >= 4 is 23.0 Å². The van der Waals surface area contributed by atoms with Crippen LogP contribution in [0.15, 0.2) is 24.3 Å². The molecule has 6 heteroatoms. The van der Waals surface area contributed by atoms with Crippen molar-refractivity contribution in [2.75, 3.05) is 44.2 Å². The number of anilines is 1. The highest BCUT2D eigenvalue weighted by Gasteiger charge is 2.21. The molecule has 0 spiro atoms. The molecule has 5 nitrogen and oxygen atoms in total. The van der Waals surface area contributed by atoms with Gasteiger partial charge >= 0.3 is 0 Å². The van der Waals surface area contributed by atoms with Crippen LogP contribution in [0.5, 0.6) is 5.75 Å². The van der Waals surface area contributed by atoms with E-state index in [9.17, 15) is 5.11 Å². The zero-order valence-electron chi connectivity index (χ0n) is 12.7. The maximum Gasteiger partial charge on any atom is 0.169 e. The summed E-state index contributed by atoms with van der Waals surface area (Å²) in [4.78, 5) is 4.54. The summed E-state index contributed by atoms with van der Waals surface area (Å²) in [6, 6.07) is 7.38. The van der Waals surface area contributed by atoms with E-state index in [0.29, 0.717) is 11.9 Å². The number of thiocarbonyl (C=S) groups is 1. The summed E-state index contributed by atoms with van der Waals surface area (Å²) in [7, 11) is 0. The number of nitrogens with zero attached hydrogens (tertiary/aromatic N) is 2. The van der Waals surface area contributed by atoms with Crippen LogP contribution in [-0.2, 0) is 4.74 Å². The van der Waals surface area contributed by atoms with Crippen LogP contribution in [0.3, 0.4) is 0 Å². The first kappa shape index (κ1) is 15.4. The molecule has 2 heterocycles. The highest BCUT2D eigenvalue weighted by molar-refractivity contribution is 7.80. The molecular weight excluding hydrogens is 298 g/mol. The van der Waals surface area contributed by atoms with Crippen LogP contribution in [0.25, 0.3) is 0 Å². The minimum atomic E-state index is 0.307. The van der Waals surface area contributed by atoms with Gasteiger partial charge in [-0.3, -0.25) is 0 Å². The van der Waals surface area contributed by atoms with Crippen molar-refractivity contribution in [3.63, 3.8) is 0 Å². The molecule has 120 valence electrons. The third-order valence-electron chi connectivity index (χ3n) is 4.29. The van der Waals surface area contributed by atoms with E-state index >= 15 is 0 Å².